The highest BCUT2D eigenvalue weighted by atomic mass is 19.1. The predicted molar refractivity (Wildman–Crippen MR) is 64.9 cm³/mol. The molecule has 2 N–H and O–H groups in total. The van der Waals surface area contributed by atoms with Crippen LogP contribution in [0.25, 0.3) is 0 Å². The second kappa shape index (κ2) is 5.27. The molecule has 3 nitrogen and oxygen atoms in total. The molecule has 0 bridgehead atoms. The quantitative estimate of drug-likeness (QED) is 0.900. The zero-order valence-electron chi connectivity index (χ0n) is 10.1. The van der Waals surface area contributed by atoms with Crippen molar-refractivity contribution in [1.82, 2.24) is 9.78 Å². The van der Waals surface area contributed by atoms with E-state index in [1.807, 2.05) is 19.3 Å². The lowest BCUT2D eigenvalue weighted by Crippen LogP contribution is -2.25. The summed E-state index contributed by atoms with van der Waals surface area (Å²) in [7, 11) is 1.83. The standard InChI is InChI=1S/C13H15F2N3/c1-18-3-2-13(17-18)8-12(16)6-9-4-10(14)7-11(15)5-9/h2-5,7,12H,6,8,16H2,1H3. The molecule has 0 spiro atoms. The molecule has 96 valence electrons. The number of benzene rings is 1. The van der Waals surface area contributed by atoms with Crippen molar-refractivity contribution in [2.45, 2.75) is 18.9 Å². The number of nitrogens with two attached hydrogens (primary N) is 1. The minimum atomic E-state index is -0.574. The van der Waals surface area contributed by atoms with Crippen LogP contribution in [0.15, 0.2) is 30.5 Å². The molecule has 1 atom stereocenters. The van der Waals surface area contributed by atoms with Crippen molar-refractivity contribution in [2.75, 3.05) is 0 Å². The van der Waals surface area contributed by atoms with E-state index in [0.29, 0.717) is 18.4 Å². The van der Waals surface area contributed by atoms with Gasteiger partial charge in [0.1, 0.15) is 11.6 Å². The molecule has 1 aromatic carbocycles. The van der Waals surface area contributed by atoms with Crippen LogP contribution in [-0.2, 0) is 19.9 Å². The summed E-state index contributed by atoms with van der Waals surface area (Å²) < 4.78 is 27.7. The molecular formula is C13H15F2N3. The molecule has 1 aromatic heterocycles. The van der Waals surface area contributed by atoms with Gasteiger partial charge in [0.25, 0.3) is 0 Å². The summed E-state index contributed by atoms with van der Waals surface area (Å²) in [5.41, 5.74) is 7.40. The van der Waals surface area contributed by atoms with Gasteiger partial charge in [-0.25, -0.2) is 8.78 Å². The van der Waals surface area contributed by atoms with Gasteiger partial charge in [0, 0.05) is 31.8 Å². The maximum Gasteiger partial charge on any atom is 0.126 e. The Balaban J connectivity index is 2.00. The van der Waals surface area contributed by atoms with Crippen LogP contribution in [0, 0.1) is 11.6 Å². The van der Waals surface area contributed by atoms with Crippen LogP contribution in [0.2, 0.25) is 0 Å². The fourth-order valence-corrected chi connectivity index (χ4v) is 1.94. The summed E-state index contributed by atoms with van der Waals surface area (Å²) in [6.07, 6.45) is 2.84. The van der Waals surface area contributed by atoms with Crippen molar-refractivity contribution >= 4 is 0 Å². The topological polar surface area (TPSA) is 43.8 Å². The third-order valence-electron chi connectivity index (χ3n) is 2.66. The van der Waals surface area contributed by atoms with Crippen LogP contribution in [0.5, 0.6) is 0 Å². The lowest BCUT2D eigenvalue weighted by molar-refractivity contribution is 0.573. The van der Waals surface area contributed by atoms with Gasteiger partial charge in [-0.1, -0.05) is 0 Å². The van der Waals surface area contributed by atoms with Gasteiger partial charge >= 0.3 is 0 Å². The zero-order chi connectivity index (χ0) is 13.1. The maximum atomic E-state index is 13.0. The number of hydrogen-bond donors (Lipinski definition) is 1. The summed E-state index contributed by atoms with van der Waals surface area (Å²) in [6.45, 7) is 0. The van der Waals surface area contributed by atoms with Crippen molar-refractivity contribution in [1.29, 1.82) is 0 Å². The summed E-state index contributed by atoms with van der Waals surface area (Å²) in [5.74, 6) is -1.15. The Labute approximate surface area is 104 Å². The van der Waals surface area contributed by atoms with E-state index in [1.54, 1.807) is 4.68 Å². The van der Waals surface area contributed by atoms with E-state index >= 15 is 0 Å². The Bertz CT molecular complexity index is 517. The number of hydrogen-bond acceptors (Lipinski definition) is 2. The maximum absolute atomic E-state index is 13.0. The molecule has 0 amide bonds. The number of rotatable bonds is 4. The predicted octanol–water partition coefficient (Wildman–Crippen LogP) is 1.81. The largest absolute Gasteiger partial charge is 0.327 e. The molecule has 0 saturated heterocycles. The molecule has 0 aliphatic carbocycles. The average Bonchev–Trinajstić information content (AvgIpc) is 2.61. The van der Waals surface area contributed by atoms with Crippen molar-refractivity contribution < 1.29 is 8.78 Å². The second-order valence-electron chi connectivity index (χ2n) is 4.43. The van der Waals surface area contributed by atoms with Crippen LogP contribution in [0.1, 0.15) is 11.3 Å². The minimum Gasteiger partial charge on any atom is -0.327 e. The van der Waals surface area contributed by atoms with Crippen LogP contribution in [-0.4, -0.2) is 15.8 Å². The Morgan fingerprint density at radius 2 is 1.89 bits per heavy atom. The number of aryl methyl sites for hydroxylation is 1. The lowest BCUT2D eigenvalue weighted by atomic mass is 10.0. The summed E-state index contributed by atoms with van der Waals surface area (Å²) in [4.78, 5) is 0. The molecule has 5 heteroatoms. The summed E-state index contributed by atoms with van der Waals surface area (Å²) in [6, 6.07) is 5.14. The second-order valence-corrected chi connectivity index (χ2v) is 4.43. The first-order valence-corrected chi connectivity index (χ1v) is 5.72. The lowest BCUT2D eigenvalue weighted by Gasteiger charge is -2.10. The van der Waals surface area contributed by atoms with Crippen molar-refractivity contribution in [3.8, 4) is 0 Å². The van der Waals surface area contributed by atoms with Gasteiger partial charge < -0.3 is 5.73 Å². The van der Waals surface area contributed by atoms with Crippen molar-refractivity contribution in [2.24, 2.45) is 12.8 Å². The van der Waals surface area contributed by atoms with E-state index in [2.05, 4.69) is 5.10 Å². The molecule has 0 aliphatic rings. The van der Waals surface area contributed by atoms with E-state index < -0.39 is 11.6 Å². The molecule has 0 radical (unpaired) electrons. The molecule has 0 fully saturated rings. The Morgan fingerprint density at radius 3 is 2.44 bits per heavy atom. The van der Waals surface area contributed by atoms with Gasteiger partial charge in [-0.05, 0) is 30.2 Å². The highest BCUT2D eigenvalue weighted by molar-refractivity contribution is 5.19. The van der Waals surface area contributed by atoms with Gasteiger partial charge in [-0.3, -0.25) is 4.68 Å². The Morgan fingerprint density at radius 1 is 1.22 bits per heavy atom. The first-order chi connectivity index (χ1) is 8.52. The number of halogens is 2. The first-order valence-electron chi connectivity index (χ1n) is 5.72. The number of nitrogens with zero attached hydrogens (tertiary/aromatic N) is 2. The fourth-order valence-electron chi connectivity index (χ4n) is 1.94. The SMILES string of the molecule is Cn1ccc(CC(N)Cc2cc(F)cc(F)c2)n1. The van der Waals surface area contributed by atoms with E-state index in [1.165, 1.54) is 12.1 Å². The van der Waals surface area contributed by atoms with E-state index in [4.69, 9.17) is 5.73 Å². The van der Waals surface area contributed by atoms with Gasteiger partial charge in [0.15, 0.2) is 0 Å². The highest BCUT2D eigenvalue weighted by Crippen LogP contribution is 2.11. The van der Waals surface area contributed by atoms with E-state index in [9.17, 15) is 8.78 Å². The first kappa shape index (κ1) is 12.7. The fraction of sp³-hybridized carbons (Fsp3) is 0.308. The molecule has 2 rings (SSSR count). The monoisotopic (exact) mass is 251 g/mol. The molecule has 0 saturated carbocycles. The minimum absolute atomic E-state index is 0.207. The Hall–Kier alpha value is -1.75. The molecule has 1 unspecified atom stereocenters. The van der Waals surface area contributed by atoms with E-state index in [0.717, 1.165) is 11.8 Å². The normalized spacial score (nSPS) is 12.7. The van der Waals surface area contributed by atoms with Crippen molar-refractivity contribution in [3.05, 3.63) is 53.4 Å². The summed E-state index contributed by atoms with van der Waals surface area (Å²) >= 11 is 0. The highest BCUT2D eigenvalue weighted by Gasteiger charge is 2.09. The summed E-state index contributed by atoms with van der Waals surface area (Å²) in [5, 5.41) is 4.22. The van der Waals surface area contributed by atoms with Gasteiger partial charge in [-0.2, -0.15) is 5.10 Å². The van der Waals surface area contributed by atoms with Crippen LogP contribution >= 0.6 is 0 Å². The van der Waals surface area contributed by atoms with Crippen LogP contribution in [0.4, 0.5) is 8.78 Å². The zero-order valence-corrected chi connectivity index (χ0v) is 10.1. The van der Waals surface area contributed by atoms with Crippen LogP contribution in [0.3, 0.4) is 0 Å². The third-order valence-corrected chi connectivity index (χ3v) is 2.66. The van der Waals surface area contributed by atoms with Crippen molar-refractivity contribution in [3.63, 3.8) is 0 Å². The molecule has 0 aliphatic heterocycles. The number of aromatic nitrogens is 2. The molecule has 1 heterocycles. The Kier molecular flexibility index (Phi) is 3.72. The smallest absolute Gasteiger partial charge is 0.126 e. The van der Waals surface area contributed by atoms with Gasteiger partial charge in [0.2, 0.25) is 0 Å². The average molecular weight is 251 g/mol. The van der Waals surface area contributed by atoms with Gasteiger partial charge in [-0.15, -0.1) is 0 Å². The van der Waals surface area contributed by atoms with E-state index in [-0.39, 0.29) is 6.04 Å². The van der Waals surface area contributed by atoms with Gasteiger partial charge in [0.05, 0.1) is 5.69 Å². The van der Waals surface area contributed by atoms with Crippen LogP contribution < -0.4 is 5.73 Å². The molecular weight excluding hydrogens is 236 g/mol. The molecule has 2 aromatic rings. The molecule has 18 heavy (non-hydrogen) atoms. The third kappa shape index (κ3) is 3.37.